The Hall–Kier alpha value is -3.09. The van der Waals surface area contributed by atoms with Crippen LogP contribution < -0.4 is 9.62 Å². The lowest BCUT2D eigenvalue weighted by Gasteiger charge is -2.20. The Morgan fingerprint density at radius 2 is 1.81 bits per heavy atom. The molecule has 0 atom stereocenters. The van der Waals surface area contributed by atoms with Crippen LogP contribution in [0, 0.1) is 5.92 Å². The van der Waals surface area contributed by atoms with E-state index in [1.54, 1.807) is 42.1 Å². The highest BCUT2D eigenvalue weighted by Crippen LogP contribution is 2.19. The zero-order valence-electron chi connectivity index (χ0n) is 22.0. The van der Waals surface area contributed by atoms with E-state index >= 15 is 0 Å². The summed E-state index contributed by atoms with van der Waals surface area (Å²) in [5.74, 6) is -0.0715. The minimum Gasteiger partial charge on any atom is -0.377 e. The summed E-state index contributed by atoms with van der Waals surface area (Å²) in [6.45, 7) is 10.9. The lowest BCUT2D eigenvalue weighted by Crippen LogP contribution is -2.29. The van der Waals surface area contributed by atoms with Gasteiger partial charge in [0.05, 0.1) is 50.5 Å². The van der Waals surface area contributed by atoms with Crippen molar-refractivity contribution in [3.05, 3.63) is 53.9 Å². The Bertz CT molecular complexity index is 1140. The fraction of sp³-hybridized carbons (Fsp3) is 0.520. The van der Waals surface area contributed by atoms with Crippen LogP contribution in [0.1, 0.15) is 43.2 Å². The number of carbonyl (C=O) groups excluding carboxylic acids is 2. The molecule has 0 saturated carbocycles. The lowest BCUT2D eigenvalue weighted by atomic mass is 10.2. The summed E-state index contributed by atoms with van der Waals surface area (Å²) >= 11 is 0. The number of hydrogen-bond acceptors (Lipinski definition) is 8. The van der Waals surface area contributed by atoms with Gasteiger partial charge in [0.2, 0.25) is 10.0 Å². The molecule has 37 heavy (non-hydrogen) atoms. The topological polar surface area (TPSA) is 133 Å². The van der Waals surface area contributed by atoms with Crippen molar-refractivity contribution < 1.29 is 27.5 Å². The van der Waals surface area contributed by atoms with E-state index in [2.05, 4.69) is 22.2 Å². The van der Waals surface area contributed by atoms with E-state index in [0.29, 0.717) is 61.2 Å². The maximum absolute atomic E-state index is 12.5. The van der Waals surface area contributed by atoms with Crippen LogP contribution in [0.5, 0.6) is 0 Å². The van der Waals surface area contributed by atoms with Gasteiger partial charge in [0.25, 0.3) is 5.91 Å². The molecule has 0 spiro atoms. The number of ketones is 1. The van der Waals surface area contributed by atoms with E-state index in [0.717, 1.165) is 0 Å². The smallest absolute Gasteiger partial charge is 0.251 e. The maximum Gasteiger partial charge on any atom is 0.251 e. The van der Waals surface area contributed by atoms with Gasteiger partial charge in [0.1, 0.15) is 12.3 Å². The number of nitrogens with one attached hydrogen (secondary N) is 1. The van der Waals surface area contributed by atoms with Gasteiger partial charge in [-0.2, -0.15) is 0 Å². The third kappa shape index (κ3) is 10.4. The van der Waals surface area contributed by atoms with E-state index in [9.17, 15) is 18.0 Å². The molecule has 12 heteroatoms. The molecule has 1 heterocycles. The summed E-state index contributed by atoms with van der Waals surface area (Å²) in [7, 11) is -1.91. The van der Waals surface area contributed by atoms with Crippen LogP contribution in [-0.4, -0.2) is 74.3 Å². The Morgan fingerprint density at radius 1 is 1.14 bits per heavy atom. The molecule has 0 saturated heterocycles. The number of Topliss-reactive ketones (excluding diaryl/α,β-unsaturated/α-hetero) is 1. The van der Waals surface area contributed by atoms with Crippen LogP contribution in [0.3, 0.4) is 0 Å². The quantitative estimate of drug-likeness (QED) is 0.241. The van der Waals surface area contributed by atoms with E-state index < -0.39 is 10.0 Å². The average molecular weight is 536 g/mol. The Labute approximate surface area is 218 Å². The Morgan fingerprint density at radius 3 is 2.46 bits per heavy atom. The normalized spacial score (nSPS) is 11.5. The molecule has 204 valence electrons. The number of anilines is 1. The van der Waals surface area contributed by atoms with Crippen molar-refractivity contribution in [1.82, 2.24) is 20.3 Å². The summed E-state index contributed by atoms with van der Waals surface area (Å²) < 4.78 is 38.5. The third-order valence-corrected chi connectivity index (χ3v) is 7.22. The van der Waals surface area contributed by atoms with Crippen molar-refractivity contribution >= 4 is 27.4 Å². The fourth-order valence-corrected chi connectivity index (χ4v) is 4.46. The first-order chi connectivity index (χ1) is 17.5. The van der Waals surface area contributed by atoms with Crippen molar-refractivity contribution in [3.63, 3.8) is 0 Å². The van der Waals surface area contributed by atoms with Crippen LogP contribution in [-0.2, 0) is 37.4 Å². The van der Waals surface area contributed by atoms with E-state index in [1.165, 1.54) is 11.4 Å². The molecule has 1 aromatic carbocycles. The zero-order chi connectivity index (χ0) is 27.4. The molecule has 0 fully saturated rings. The molecule has 1 aromatic heterocycles. The van der Waals surface area contributed by atoms with Crippen LogP contribution >= 0.6 is 0 Å². The van der Waals surface area contributed by atoms with Gasteiger partial charge in [-0.15, -0.1) is 5.10 Å². The predicted octanol–water partition coefficient (Wildman–Crippen LogP) is 2.20. The number of hydrogen-bond donors (Lipinski definition) is 1. The second kappa shape index (κ2) is 14.6. The molecule has 0 aliphatic heterocycles. The van der Waals surface area contributed by atoms with E-state index in [-0.39, 0.29) is 30.6 Å². The first-order valence-corrected chi connectivity index (χ1v) is 13.7. The van der Waals surface area contributed by atoms with Gasteiger partial charge in [-0.05, 0) is 49.1 Å². The fourth-order valence-electron chi connectivity index (χ4n) is 2.97. The number of sulfonamides is 1. The monoisotopic (exact) mass is 535 g/mol. The third-order valence-electron chi connectivity index (χ3n) is 5.43. The summed E-state index contributed by atoms with van der Waals surface area (Å²) in [5.41, 5.74) is 1.95. The molecule has 2 rings (SSSR count). The number of nitrogens with zero attached hydrogens (tertiary/aromatic N) is 4. The first kappa shape index (κ1) is 30.1. The van der Waals surface area contributed by atoms with Gasteiger partial charge in [0, 0.05) is 12.6 Å². The summed E-state index contributed by atoms with van der Waals surface area (Å²) in [5, 5.41) is 10.8. The van der Waals surface area contributed by atoms with Gasteiger partial charge < -0.3 is 14.8 Å². The summed E-state index contributed by atoms with van der Waals surface area (Å²) in [6, 6.07) is 6.40. The molecule has 0 aliphatic rings. The highest BCUT2D eigenvalue weighted by molar-refractivity contribution is 7.92. The summed E-state index contributed by atoms with van der Waals surface area (Å²) in [6.07, 6.45) is 2.30. The number of benzene rings is 1. The minimum absolute atomic E-state index is 0.00159. The Balaban J connectivity index is 1.73. The van der Waals surface area contributed by atoms with Crippen molar-refractivity contribution in [3.8, 4) is 0 Å². The molecule has 0 aliphatic carbocycles. The van der Waals surface area contributed by atoms with Crippen LogP contribution in [0.4, 0.5) is 5.69 Å². The molecule has 0 radical (unpaired) electrons. The largest absolute Gasteiger partial charge is 0.377 e. The van der Waals surface area contributed by atoms with Crippen LogP contribution in [0.2, 0.25) is 0 Å². The van der Waals surface area contributed by atoms with Crippen molar-refractivity contribution in [2.45, 2.75) is 40.3 Å². The predicted molar refractivity (Wildman–Crippen MR) is 141 cm³/mol. The number of amides is 1. The minimum atomic E-state index is -3.42. The number of aromatic nitrogens is 3. The van der Waals surface area contributed by atoms with E-state index in [4.69, 9.17) is 9.47 Å². The second-order valence-corrected chi connectivity index (χ2v) is 11.2. The van der Waals surface area contributed by atoms with Gasteiger partial charge in [-0.1, -0.05) is 25.6 Å². The first-order valence-electron chi connectivity index (χ1n) is 12.1. The second-order valence-electron chi connectivity index (χ2n) is 9.04. The molecule has 0 unspecified atom stereocenters. The van der Waals surface area contributed by atoms with Crippen molar-refractivity contribution in [1.29, 1.82) is 0 Å². The molecule has 2 aromatic rings. The number of ether oxygens (including phenoxy) is 2. The average Bonchev–Trinajstić information content (AvgIpc) is 3.32. The van der Waals surface area contributed by atoms with Gasteiger partial charge in [0.15, 0.2) is 5.78 Å². The number of carbonyl (C=O) groups is 2. The maximum atomic E-state index is 12.5. The molecule has 1 amide bonds. The highest BCUT2D eigenvalue weighted by atomic mass is 32.2. The van der Waals surface area contributed by atoms with Crippen LogP contribution in [0.15, 0.2) is 42.6 Å². The number of rotatable bonds is 17. The zero-order valence-corrected chi connectivity index (χ0v) is 22.8. The van der Waals surface area contributed by atoms with Crippen molar-refractivity contribution in [2.75, 3.05) is 43.5 Å². The molecule has 1 N–H and O–H groups in total. The molecular weight excluding hydrogens is 498 g/mol. The lowest BCUT2D eigenvalue weighted by molar-refractivity contribution is -0.120. The molecule has 0 bridgehead atoms. The van der Waals surface area contributed by atoms with E-state index in [1.807, 2.05) is 13.8 Å². The summed E-state index contributed by atoms with van der Waals surface area (Å²) in [4.78, 5) is 23.9. The standard InChI is InChI=1S/C25H37N5O6S/c1-19(2)10-15-37(33,34)29(5)23-8-6-21(7-9-23)25(32)26-16-22-17-30(28-27-22)11-12-35-13-14-36-18-24(31)20(3)4/h6-9,17,19H,3,10-16,18H2,1-2,4-5H3,(H,26,32). The SMILES string of the molecule is C=C(C)C(=O)COCCOCCn1cc(CNC(=O)c2ccc(N(C)S(=O)(=O)CCC(C)C)cc2)nn1. The van der Waals surface area contributed by atoms with Crippen molar-refractivity contribution in [2.24, 2.45) is 5.92 Å². The van der Waals surface area contributed by atoms with Gasteiger partial charge in [-0.25, -0.2) is 13.1 Å². The van der Waals surface area contributed by atoms with Gasteiger partial charge in [-0.3, -0.25) is 13.9 Å². The molecular formula is C25H37N5O6S. The van der Waals surface area contributed by atoms with Gasteiger partial charge >= 0.3 is 0 Å². The Kier molecular flexibility index (Phi) is 11.9. The highest BCUT2D eigenvalue weighted by Gasteiger charge is 2.19. The van der Waals surface area contributed by atoms with Crippen LogP contribution in [0.25, 0.3) is 0 Å². The molecule has 11 nitrogen and oxygen atoms in total.